The lowest BCUT2D eigenvalue weighted by molar-refractivity contribution is 0.568. The standard InChI is InChI=1S/C16H10Cl2F2N2O4S3/c17-12-7-14(21-28(23,24)11-5-9(19)4-10(20)6-11)15(8-13(12)18)22-29(25,26)16-2-1-3-27-16/h1-8,21-22H. The number of rotatable bonds is 6. The van der Waals surface area contributed by atoms with Crippen molar-refractivity contribution in [2.75, 3.05) is 9.44 Å². The summed E-state index contributed by atoms with van der Waals surface area (Å²) in [4.78, 5) is -0.701. The first-order chi connectivity index (χ1) is 13.5. The number of thiophene rings is 1. The van der Waals surface area contributed by atoms with Gasteiger partial charge in [-0.1, -0.05) is 29.3 Å². The number of hydrogen-bond donors (Lipinski definition) is 2. The van der Waals surface area contributed by atoms with Gasteiger partial charge in [0.15, 0.2) is 0 Å². The van der Waals surface area contributed by atoms with E-state index in [2.05, 4.69) is 9.44 Å². The van der Waals surface area contributed by atoms with Crippen LogP contribution in [0, 0.1) is 11.6 Å². The van der Waals surface area contributed by atoms with E-state index < -0.39 is 36.6 Å². The van der Waals surface area contributed by atoms with Gasteiger partial charge in [-0.15, -0.1) is 11.3 Å². The van der Waals surface area contributed by atoms with E-state index in [4.69, 9.17) is 23.2 Å². The zero-order valence-electron chi connectivity index (χ0n) is 14.0. The van der Waals surface area contributed by atoms with Crippen molar-refractivity contribution in [3.8, 4) is 0 Å². The summed E-state index contributed by atoms with van der Waals surface area (Å²) in [6, 6.07) is 6.79. The zero-order valence-corrected chi connectivity index (χ0v) is 17.9. The third kappa shape index (κ3) is 4.98. The molecule has 2 N–H and O–H groups in total. The van der Waals surface area contributed by atoms with Crippen molar-refractivity contribution in [1.29, 1.82) is 0 Å². The van der Waals surface area contributed by atoms with Gasteiger partial charge in [-0.3, -0.25) is 9.44 Å². The van der Waals surface area contributed by atoms with Crippen molar-refractivity contribution in [2.24, 2.45) is 0 Å². The monoisotopic (exact) mass is 498 g/mol. The fourth-order valence-electron chi connectivity index (χ4n) is 2.21. The largest absolute Gasteiger partial charge is 0.277 e. The van der Waals surface area contributed by atoms with E-state index in [9.17, 15) is 25.6 Å². The summed E-state index contributed by atoms with van der Waals surface area (Å²) in [5.41, 5.74) is -0.516. The fourth-order valence-corrected chi connectivity index (χ4v) is 5.72. The van der Waals surface area contributed by atoms with Crippen LogP contribution in [0.15, 0.2) is 56.9 Å². The van der Waals surface area contributed by atoms with Crippen LogP contribution in [0.3, 0.4) is 0 Å². The molecule has 0 unspecified atom stereocenters. The Balaban J connectivity index is 2.04. The van der Waals surface area contributed by atoms with Crippen molar-refractivity contribution in [2.45, 2.75) is 9.10 Å². The number of sulfonamides is 2. The number of halogens is 4. The van der Waals surface area contributed by atoms with Crippen LogP contribution >= 0.6 is 34.5 Å². The van der Waals surface area contributed by atoms with Gasteiger partial charge in [0.2, 0.25) is 0 Å². The molecule has 0 aliphatic carbocycles. The van der Waals surface area contributed by atoms with E-state index in [0.29, 0.717) is 18.2 Å². The number of benzene rings is 2. The first-order valence-electron chi connectivity index (χ1n) is 7.52. The lowest BCUT2D eigenvalue weighted by Gasteiger charge is -2.15. The molecule has 1 aromatic heterocycles. The van der Waals surface area contributed by atoms with E-state index in [1.165, 1.54) is 12.1 Å². The van der Waals surface area contributed by atoms with Gasteiger partial charge in [-0.2, -0.15) is 0 Å². The lowest BCUT2D eigenvalue weighted by Crippen LogP contribution is -2.17. The van der Waals surface area contributed by atoms with E-state index in [1.807, 2.05) is 0 Å². The highest BCUT2D eigenvalue weighted by molar-refractivity contribution is 7.94. The Hall–Kier alpha value is -1.92. The molecule has 0 bridgehead atoms. The molecule has 0 aliphatic heterocycles. The molecular weight excluding hydrogens is 489 g/mol. The highest BCUT2D eigenvalue weighted by Crippen LogP contribution is 2.35. The topological polar surface area (TPSA) is 92.3 Å². The Morgan fingerprint density at radius 1 is 0.793 bits per heavy atom. The third-order valence-corrected chi connectivity index (χ3v) is 8.29. The Kier molecular flexibility index (Phi) is 6.06. The van der Waals surface area contributed by atoms with Crippen LogP contribution < -0.4 is 9.44 Å². The molecule has 154 valence electrons. The van der Waals surface area contributed by atoms with Crippen molar-refractivity contribution < 1.29 is 25.6 Å². The molecule has 13 heteroatoms. The summed E-state index contributed by atoms with van der Waals surface area (Å²) in [6.45, 7) is 0. The van der Waals surface area contributed by atoms with Crippen LogP contribution in [0.2, 0.25) is 10.0 Å². The average Bonchev–Trinajstić information content (AvgIpc) is 3.13. The number of anilines is 2. The highest BCUT2D eigenvalue weighted by Gasteiger charge is 2.22. The van der Waals surface area contributed by atoms with Crippen molar-refractivity contribution in [3.05, 3.63) is 69.5 Å². The summed E-state index contributed by atoms with van der Waals surface area (Å²) in [7, 11) is -8.53. The second-order valence-electron chi connectivity index (χ2n) is 5.56. The second-order valence-corrected chi connectivity index (χ2v) is 10.9. The Bertz CT molecular complexity index is 1260. The molecule has 0 saturated carbocycles. The molecule has 2 aromatic carbocycles. The summed E-state index contributed by atoms with van der Waals surface area (Å²) >= 11 is 12.8. The SMILES string of the molecule is O=S(=O)(Nc1cc(Cl)c(Cl)cc1NS(=O)(=O)c1cccs1)c1cc(F)cc(F)c1. The molecular formula is C16H10Cl2F2N2O4S3. The smallest absolute Gasteiger partial charge is 0.271 e. The van der Waals surface area contributed by atoms with Gasteiger partial charge in [0.1, 0.15) is 15.8 Å². The molecule has 6 nitrogen and oxygen atoms in total. The van der Waals surface area contributed by atoms with Gasteiger partial charge in [0, 0.05) is 6.07 Å². The van der Waals surface area contributed by atoms with E-state index in [1.54, 1.807) is 5.38 Å². The summed E-state index contributed by atoms with van der Waals surface area (Å²) < 4.78 is 81.2. The van der Waals surface area contributed by atoms with Gasteiger partial charge < -0.3 is 0 Å². The molecule has 3 rings (SSSR count). The van der Waals surface area contributed by atoms with Gasteiger partial charge in [-0.25, -0.2) is 25.6 Å². The van der Waals surface area contributed by atoms with Crippen LogP contribution in [-0.2, 0) is 20.0 Å². The molecule has 0 atom stereocenters. The van der Waals surface area contributed by atoms with E-state index in [0.717, 1.165) is 23.5 Å². The first kappa shape index (κ1) is 21.8. The molecule has 1 heterocycles. The molecule has 29 heavy (non-hydrogen) atoms. The minimum atomic E-state index is -4.48. The maximum Gasteiger partial charge on any atom is 0.271 e. The van der Waals surface area contributed by atoms with Crippen LogP contribution in [0.25, 0.3) is 0 Å². The van der Waals surface area contributed by atoms with Crippen LogP contribution in [0.4, 0.5) is 20.2 Å². The Morgan fingerprint density at radius 3 is 1.79 bits per heavy atom. The summed E-state index contributed by atoms with van der Waals surface area (Å²) in [5.74, 6) is -2.20. The third-order valence-electron chi connectivity index (χ3n) is 3.46. The highest BCUT2D eigenvalue weighted by atomic mass is 35.5. The van der Waals surface area contributed by atoms with Gasteiger partial charge in [0.05, 0.1) is 26.3 Å². The minimum absolute atomic E-state index is 0.0235. The van der Waals surface area contributed by atoms with Gasteiger partial charge >= 0.3 is 0 Å². The molecule has 0 spiro atoms. The predicted molar refractivity (Wildman–Crippen MR) is 109 cm³/mol. The van der Waals surface area contributed by atoms with Crippen molar-refractivity contribution in [1.82, 2.24) is 0 Å². The van der Waals surface area contributed by atoms with E-state index >= 15 is 0 Å². The summed E-state index contributed by atoms with van der Waals surface area (Å²) in [6.07, 6.45) is 0. The normalized spacial score (nSPS) is 12.0. The second kappa shape index (κ2) is 8.07. The van der Waals surface area contributed by atoms with Crippen molar-refractivity contribution >= 4 is 66.0 Å². The lowest BCUT2D eigenvalue weighted by atomic mass is 10.3. The Labute approximate surface area is 179 Å². The number of hydrogen-bond acceptors (Lipinski definition) is 5. The molecule has 0 radical (unpaired) electrons. The predicted octanol–water partition coefficient (Wildman–Crippen LogP) is 4.93. The van der Waals surface area contributed by atoms with Gasteiger partial charge in [-0.05, 0) is 35.7 Å². The average molecular weight is 499 g/mol. The maximum absolute atomic E-state index is 13.4. The molecule has 0 fully saturated rings. The van der Waals surface area contributed by atoms with Gasteiger partial charge in [0.25, 0.3) is 20.0 Å². The van der Waals surface area contributed by atoms with Crippen LogP contribution in [-0.4, -0.2) is 16.8 Å². The molecule has 0 amide bonds. The maximum atomic E-state index is 13.4. The zero-order chi connectivity index (χ0) is 21.4. The summed E-state index contributed by atoms with van der Waals surface area (Å²) in [5, 5.41) is 1.43. The van der Waals surface area contributed by atoms with E-state index in [-0.39, 0.29) is 25.6 Å². The fraction of sp³-hybridized carbons (Fsp3) is 0. The van der Waals surface area contributed by atoms with Crippen molar-refractivity contribution in [3.63, 3.8) is 0 Å². The van der Waals surface area contributed by atoms with Crippen LogP contribution in [0.5, 0.6) is 0 Å². The number of nitrogens with one attached hydrogen (secondary N) is 2. The first-order valence-corrected chi connectivity index (χ1v) is 12.1. The van der Waals surface area contributed by atoms with Crippen LogP contribution in [0.1, 0.15) is 0 Å². The molecule has 0 aliphatic rings. The Morgan fingerprint density at radius 2 is 1.31 bits per heavy atom. The quantitative estimate of drug-likeness (QED) is 0.503. The molecule has 3 aromatic rings. The minimum Gasteiger partial charge on any atom is -0.277 e. The molecule has 0 saturated heterocycles.